The van der Waals surface area contributed by atoms with Crippen LogP contribution in [0.4, 0.5) is 0 Å². The molecule has 4 aromatic rings. The molecular weight excluding hydrogens is 572 g/mol. The Bertz CT molecular complexity index is 1310. The zero-order valence-electron chi connectivity index (χ0n) is 18.7. The molecule has 4 aromatic carbocycles. The van der Waals surface area contributed by atoms with Crippen LogP contribution in [0, 0.1) is 0 Å². The highest BCUT2D eigenvalue weighted by molar-refractivity contribution is 9.10. The molecule has 0 unspecified atom stereocenters. The lowest BCUT2D eigenvalue weighted by molar-refractivity contribution is -0.123. The molecule has 5 nitrogen and oxygen atoms in total. The summed E-state index contributed by atoms with van der Waals surface area (Å²) in [5.74, 6) is 0.864. The van der Waals surface area contributed by atoms with E-state index in [0.29, 0.717) is 18.1 Å². The molecule has 0 aliphatic rings. The Kier molecular flexibility index (Phi) is 8.70. The standard InChI is InChI=1S/C28H22Br2N2O3/c29-24-12-14-26(34-18-20-7-3-1-4-8-20)23(15-24)17-31-32-28(33)19-35-27-13-11-22(16-25(27)30)21-9-5-2-6-10-21/h1-17H,18-19H2,(H,32,33)/b31-17+. The van der Waals surface area contributed by atoms with Gasteiger partial charge in [-0.1, -0.05) is 82.7 Å². The molecule has 0 bridgehead atoms. The van der Waals surface area contributed by atoms with E-state index in [1.807, 2.05) is 97.1 Å². The Morgan fingerprint density at radius 2 is 1.51 bits per heavy atom. The van der Waals surface area contributed by atoms with E-state index < -0.39 is 0 Å². The van der Waals surface area contributed by atoms with Crippen molar-refractivity contribution in [3.05, 3.63) is 117 Å². The third-order valence-electron chi connectivity index (χ3n) is 5.00. The van der Waals surface area contributed by atoms with Gasteiger partial charge in [0.15, 0.2) is 6.61 Å². The molecule has 0 atom stereocenters. The second-order valence-corrected chi connectivity index (χ2v) is 9.32. The zero-order valence-corrected chi connectivity index (χ0v) is 21.8. The first-order chi connectivity index (χ1) is 17.1. The lowest BCUT2D eigenvalue weighted by Gasteiger charge is -2.10. The summed E-state index contributed by atoms with van der Waals surface area (Å²) in [5, 5.41) is 4.07. The van der Waals surface area contributed by atoms with Crippen molar-refractivity contribution in [2.75, 3.05) is 6.61 Å². The highest BCUT2D eigenvalue weighted by Gasteiger charge is 2.08. The maximum Gasteiger partial charge on any atom is 0.277 e. The van der Waals surface area contributed by atoms with Gasteiger partial charge < -0.3 is 9.47 Å². The molecular formula is C28H22Br2N2O3. The van der Waals surface area contributed by atoms with Crippen LogP contribution in [0.25, 0.3) is 11.1 Å². The van der Waals surface area contributed by atoms with Gasteiger partial charge >= 0.3 is 0 Å². The Morgan fingerprint density at radius 3 is 2.26 bits per heavy atom. The minimum absolute atomic E-state index is 0.170. The molecule has 7 heteroatoms. The van der Waals surface area contributed by atoms with Crippen molar-refractivity contribution in [1.29, 1.82) is 0 Å². The van der Waals surface area contributed by atoms with Gasteiger partial charge in [-0.05, 0) is 63.0 Å². The van der Waals surface area contributed by atoms with Crippen LogP contribution >= 0.6 is 31.9 Å². The summed E-state index contributed by atoms with van der Waals surface area (Å²) in [5.41, 5.74) is 6.45. The number of hydrogen-bond acceptors (Lipinski definition) is 4. The number of benzene rings is 4. The van der Waals surface area contributed by atoms with E-state index in [1.54, 1.807) is 6.21 Å². The summed E-state index contributed by atoms with van der Waals surface area (Å²) < 4.78 is 13.2. The van der Waals surface area contributed by atoms with Gasteiger partial charge in [0.1, 0.15) is 18.1 Å². The van der Waals surface area contributed by atoms with Crippen LogP contribution in [0.1, 0.15) is 11.1 Å². The van der Waals surface area contributed by atoms with Gasteiger partial charge in [-0.3, -0.25) is 4.79 Å². The molecule has 176 valence electrons. The predicted octanol–water partition coefficient (Wildman–Crippen LogP) is 6.99. The molecule has 0 aliphatic heterocycles. The van der Waals surface area contributed by atoms with Crippen LogP contribution in [-0.2, 0) is 11.4 Å². The van der Waals surface area contributed by atoms with E-state index in [0.717, 1.165) is 31.2 Å². The molecule has 0 aliphatic carbocycles. The Hall–Kier alpha value is -3.42. The topological polar surface area (TPSA) is 59.9 Å². The van der Waals surface area contributed by atoms with Crippen molar-refractivity contribution < 1.29 is 14.3 Å². The summed E-state index contributed by atoms with van der Waals surface area (Å²) in [4.78, 5) is 12.3. The third kappa shape index (κ3) is 7.28. The summed E-state index contributed by atoms with van der Waals surface area (Å²) in [7, 11) is 0. The van der Waals surface area contributed by atoms with Crippen molar-refractivity contribution >= 4 is 44.0 Å². The number of rotatable bonds is 9. The summed E-state index contributed by atoms with van der Waals surface area (Å²) in [6.45, 7) is 0.262. The number of hydrogen-bond donors (Lipinski definition) is 1. The normalized spacial score (nSPS) is 10.8. The molecule has 0 spiro atoms. The van der Waals surface area contributed by atoms with E-state index >= 15 is 0 Å². The van der Waals surface area contributed by atoms with Crippen molar-refractivity contribution in [3.8, 4) is 22.6 Å². The van der Waals surface area contributed by atoms with Gasteiger partial charge in [0.2, 0.25) is 0 Å². The lowest BCUT2D eigenvalue weighted by atomic mass is 10.1. The SMILES string of the molecule is O=C(COc1ccc(-c2ccccc2)cc1Br)N/N=C/c1cc(Br)ccc1OCc1ccccc1. The van der Waals surface area contributed by atoms with E-state index in [2.05, 4.69) is 42.4 Å². The number of carbonyl (C=O) groups is 1. The monoisotopic (exact) mass is 592 g/mol. The van der Waals surface area contributed by atoms with Crippen LogP contribution in [0.3, 0.4) is 0 Å². The number of halogens is 2. The Morgan fingerprint density at radius 1 is 0.800 bits per heavy atom. The van der Waals surface area contributed by atoms with Gasteiger partial charge in [-0.25, -0.2) is 5.43 Å². The van der Waals surface area contributed by atoms with Crippen LogP contribution < -0.4 is 14.9 Å². The smallest absolute Gasteiger partial charge is 0.277 e. The fourth-order valence-corrected chi connectivity index (χ4v) is 4.14. The van der Waals surface area contributed by atoms with Crippen LogP contribution in [0.15, 0.2) is 111 Å². The fraction of sp³-hybridized carbons (Fsp3) is 0.0714. The van der Waals surface area contributed by atoms with Crippen LogP contribution in [0.2, 0.25) is 0 Å². The number of ether oxygens (including phenoxy) is 2. The van der Waals surface area contributed by atoms with Gasteiger partial charge in [-0.15, -0.1) is 0 Å². The molecule has 0 aromatic heterocycles. The molecule has 0 fully saturated rings. The van der Waals surface area contributed by atoms with Crippen molar-refractivity contribution in [2.45, 2.75) is 6.61 Å². The van der Waals surface area contributed by atoms with E-state index in [4.69, 9.17) is 9.47 Å². The quantitative estimate of drug-likeness (QED) is 0.168. The molecule has 0 radical (unpaired) electrons. The van der Waals surface area contributed by atoms with Gasteiger partial charge in [-0.2, -0.15) is 5.10 Å². The summed E-state index contributed by atoms with van der Waals surface area (Å²) in [6, 6.07) is 31.3. The Balaban J connectivity index is 1.32. The highest BCUT2D eigenvalue weighted by atomic mass is 79.9. The van der Waals surface area contributed by atoms with Crippen molar-refractivity contribution in [2.24, 2.45) is 5.10 Å². The number of hydrazone groups is 1. The zero-order chi connectivity index (χ0) is 24.5. The first-order valence-corrected chi connectivity index (χ1v) is 12.4. The number of nitrogens with one attached hydrogen (secondary N) is 1. The van der Waals surface area contributed by atoms with Gasteiger partial charge in [0, 0.05) is 10.0 Å². The first-order valence-electron chi connectivity index (χ1n) is 10.8. The average Bonchev–Trinajstić information content (AvgIpc) is 2.88. The highest BCUT2D eigenvalue weighted by Crippen LogP contribution is 2.30. The third-order valence-corrected chi connectivity index (χ3v) is 6.11. The second-order valence-electron chi connectivity index (χ2n) is 7.55. The second kappa shape index (κ2) is 12.3. The molecule has 1 amide bonds. The van der Waals surface area contributed by atoms with Crippen molar-refractivity contribution in [1.82, 2.24) is 5.43 Å². The summed E-state index contributed by atoms with van der Waals surface area (Å²) in [6.07, 6.45) is 1.55. The van der Waals surface area contributed by atoms with E-state index in [9.17, 15) is 4.79 Å². The molecule has 1 N–H and O–H groups in total. The lowest BCUT2D eigenvalue weighted by Crippen LogP contribution is -2.24. The van der Waals surface area contributed by atoms with Crippen LogP contribution in [-0.4, -0.2) is 18.7 Å². The largest absolute Gasteiger partial charge is 0.488 e. The minimum atomic E-state index is -0.373. The number of carbonyl (C=O) groups excluding carboxylic acids is 1. The minimum Gasteiger partial charge on any atom is -0.488 e. The summed E-state index contributed by atoms with van der Waals surface area (Å²) >= 11 is 6.98. The fourth-order valence-electron chi connectivity index (χ4n) is 3.26. The molecule has 0 heterocycles. The first kappa shape index (κ1) is 24.7. The average molecular weight is 594 g/mol. The molecule has 4 rings (SSSR count). The van der Waals surface area contributed by atoms with Gasteiger partial charge in [0.25, 0.3) is 5.91 Å². The van der Waals surface area contributed by atoms with Crippen LogP contribution in [0.5, 0.6) is 11.5 Å². The van der Waals surface area contributed by atoms with Gasteiger partial charge in [0.05, 0.1) is 10.7 Å². The molecule has 35 heavy (non-hydrogen) atoms. The molecule has 0 saturated heterocycles. The molecule has 0 saturated carbocycles. The maximum absolute atomic E-state index is 12.3. The maximum atomic E-state index is 12.3. The van der Waals surface area contributed by atoms with Crippen molar-refractivity contribution in [3.63, 3.8) is 0 Å². The van der Waals surface area contributed by atoms with E-state index in [1.165, 1.54) is 0 Å². The van der Waals surface area contributed by atoms with E-state index in [-0.39, 0.29) is 12.5 Å². The number of amides is 1. The predicted molar refractivity (Wildman–Crippen MR) is 146 cm³/mol. The number of nitrogens with zero attached hydrogens (tertiary/aromatic N) is 1. The Labute approximate surface area is 221 Å².